The van der Waals surface area contributed by atoms with Gasteiger partial charge >= 0.3 is 0 Å². The summed E-state index contributed by atoms with van der Waals surface area (Å²) in [5.74, 6) is -0.435. The van der Waals surface area contributed by atoms with Crippen LogP contribution in [0.1, 0.15) is 17.3 Å². The molecule has 2 amide bonds. The lowest BCUT2D eigenvalue weighted by Gasteiger charge is -2.18. The molecular formula is C14H22N4O2. The number of likely N-dealkylation sites (N-methyl/N-ethyl adjacent to an activating group) is 1. The fraction of sp³-hybridized carbons (Fsp3) is 0.429. The Kier molecular flexibility index (Phi) is 5.37. The average molecular weight is 278 g/mol. The van der Waals surface area contributed by atoms with Crippen LogP contribution in [0.15, 0.2) is 18.2 Å². The number of nitrogens with two attached hydrogens (primary N) is 1. The zero-order valence-electron chi connectivity index (χ0n) is 12.4. The predicted octanol–water partition coefficient (Wildman–Crippen LogP) is 0.543. The molecule has 0 aliphatic heterocycles. The quantitative estimate of drug-likeness (QED) is 0.771. The first-order chi connectivity index (χ1) is 9.36. The van der Waals surface area contributed by atoms with Crippen LogP contribution in [0.2, 0.25) is 0 Å². The lowest BCUT2D eigenvalue weighted by atomic mass is 10.1. The van der Waals surface area contributed by atoms with Gasteiger partial charge in [-0.15, -0.1) is 0 Å². The number of benzene rings is 1. The highest BCUT2D eigenvalue weighted by Crippen LogP contribution is 2.21. The van der Waals surface area contributed by atoms with E-state index in [-0.39, 0.29) is 18.4 Å². The summed E-state index contributed by atoms with van der Waals surface area (Å²) in [5.41, 5.74) is 7.45. The Hall–Kier alpha value is -2.24. The normalized spacial score (nSPS) is 10.0. The van der Waals surface area contributed by atoms with Crippen LogP contribution in [0.4, 0.5) is 11.4 Å². The molecule has 1 rings (SSSR count). The van der Waals surface area contributed by atoms with E-state index in [1.54, 1.807) is 30.1 Å². The summed E-state index contributed by atoms with van der Waals surface area (Å²) in [6, 6.07) is 5.13. The summed E-state index contributed by atoms with van der Waals surface area (Å²) in [4.78, 5) is 27.2. The third-order valence-corrected chi connectivity index (χ3v) is 3.05. The minimum Gasteiger partial charge on any atom is -0.399 e. The standard InChI is InChI=1S/C14H22N4O2/c1-5-18(4)13(19)9-16-14(20)11-8-10(15)6-7-12(11)17(2)3/h6-8H,5,9,15H2,1-4H3,(H,16,20). The summed E-state index contributed by atoms with van der Waals surface area (Å²) in [6.07, 6.45) is 0. The number of carbonyl (C=O) groups is 2. The maximum absolute atomic E-state index is 12.2. The number of nitrogen functional groups attached to an aromatic ring is 1. The monoisotopic (exact) mass is 278 g/mol. The van der Waals surface area contributed by atoms with Crippen molar-refractivity contribution in [3.8, 4) is 0 Å². The van der Waals surface area contributed by atoms with Gasteiger partial charge in [-0.3, -0.25) is 9.59 Å². The minimum absolute atomic E-state index is 0.0230. The molecule has 0 bridgehead atoms. The van der Waals surface area contributed by atoms with E-state index in [4.69, 9.17) is 5.73 Å². The minimum atomic E-state index is -0.307. The molecule has 6 heteroatoms. The molecule has 0 fully saturated rings. The van der Waals surface area contributed by atoms with Gasteiger partial charge in [-0.25, -0.2) is 0 Å². The molecule has 20 heavy (non-hydrogen) atoms. The molecular weight excluding hydrogens is 256 g/mol. The van der Waals surface area contributed by atoms with Crippen molar-refractivity contribution in [2.24, 2.45) is 0 Å². The molecule has 0 radical (unpaired) electrons. The van der Waals surface area contributed by atoms with Gasteiger partial charge in [-0.05, 0) is 25.1 Å². The van der Waals surface area contributed by atoms with Gasteiger partial charge in [0.05, 0.1) is 12.1 Å². The average Bonchev–Trinajstić information content (AvgIpc) is 2.42. The van der Waals surface area contributed by atoms with E-state index in [9.17, 15) is 9.59 Å². The fourth-order valence-corrected chi connectivity index (χ4v) is 1.69. The Morgan fingerprint density at radius 1 is 1.25 bits per heavy atom. The summed E-state index contributed by atoms with van der Waals surface area (Å²) in [5, 5.41) is 2.62. The molecule has 6 nitrogen and oxygen atoms in total. The maximum atomic E-state index is 12.2. The number of carbonyl (C=O) groups excluding carboxylic acids is 2. The van der Waals surface area contributed by atoms with Crippen molar-refractivity contribution >= 4 is 23.2 Å². The molecule has 0 saturated heterocycles. The second-order valence-electron chi connectivity index (χ2n) is 4.76. The Balaban J connectivity index is 2.82. The van der Waals surface area contributed by atoms with Gasteiger partial charge in [-0.1, -0.05) is 0 Å². The molecule has 0 spiro atoms. The van der Waals surface area contributed by atoms with Crippen LogP contribution >= 0.6 is 0 Å². The number of hydrogen-bond acceptors (Lipinski definition) is 4. The molecule has 110 valence electrons. The Bertz CT molecular complexity index is 500. The first kappa shape index (κ1) is 15.8. The van der Waals surface area contributed by atoms with Crippen molar-refractivity contribution in [3.63, 3.8) is 0 Å². The van der Waals surface area contributed by atoms with Crippen molar-refractivity contribution in [3.05, 3.63) is 23.8 Å². The molecule has 0 saturated carbocycles. The maximum Gasteiger partial charge on any atom is 0.253 e. The van der Waals surface area contributed by atoms with E-state index in [0.717, 1.165) is 5.69 Å². The van der Waals surface area contributed by atoms with Gasteiger partial charge in [0.25, 0.3) is 5.91 Å². The zero-order chi connectivity index (χ0) is 15.3. The summed E-state index contributed by atoms with van der Waals surface area (Å²) < 4.78 is 0. The number of nitrogens with zero attached hydrogens (tertiary/aromatic N) is 2. The van der Waals surface area contributed by atoms with E-state index in [1.165, 1.54) is 0 Å². The molecule has 0 heterocycles. The molecule has 1 aromatic rings. The second kappa shape index (κ2) is 6.79. The van der Waals surface area contributed by atoms with Crippen molar-refractivity contribution in [2.75, 3.05) is 44.9 Å². The van der Waals surface area contributed by atoms with Crippen LogP contribution in [0.5, 0.6) is 0 Å². The van der Waals surface area contributed by atoms with Crippen LogP contribution in [-0.2, 0) is 4.79 Å². The van der Waals surface area contributed by atoms with Gasteiger partial charge in [-0.2, -0.15) is 0 Å². The first-order valence-corrected chi connectivity index (χ1v) is 6.45. The largest absolute Gasteiger partial charge is 0.399 e. The number of nitrogens with one attached hydrogen (secondary N) is 1. The highest BCUT2D eigenvalue weighted by molar-refractivity contribution is 6.02. The number of rotatable bonds is 5. The van der Waals surface area contributed by atoms with E-state index in [0.29, 0.717) is 17.8 Å². The molecule has 0 atom stereocenters. The van der Waals surface area contributed by atoms with Crippen molar-refractivity contribution in [1.82, 2.24) is 10.2 Å². The molecule has 3 N–H and O–H groups in total. The molecule has 0 unspecified atom stereocenters. The van der Waals surface area contributed by atoms with Gasteiger partial charge < -0.3 is 20.9 Å². The third kappa shape index (κ3) is 3.88. The smallest absolute Gasteiger partial charge is 0.253 e. The van der Waals surface area contributed by atoms with Crippen LogP contribution in [0.25, 0.3) is 0 Å². The van der Waals surface area contributed by atoms with Gasteiger partial charge in [0, 0.05) is 39.1 Å². The van der Waals surface area contributed by atoms with Crippen LogP contribution < -0.4 is 16.0 Å². The Labute approximate surface area is 119 Å². The Morgan fingerprint density at radius 2 is 1.90 bits per heavy atom. The number of amides is 2. The SMILES string of the molecule is CCN(C)C(=O)CNC(=O)c1cc(N)ccc1N(C)C. The van der Waals surface area contributed by atoms with E-state index < -0.39 is 0 Å². The molecule has 0 aliphatic carbocycles. The summed E-state index contributed by atoms with van der Waals surface area (Å²) in [7, 11) is 5.39. The summed E-state index contributed by atoms with van der Waals surface area (Å²) >= 11 is 0. The zero-order valence-corrected chi connectivity index (χ0v) is 12.4. The summed E-state index contributed by atoms with van der Waals surface area (Å²) in [6.45, 7) is 2.46. The fourth-order valence-electron chi connectivity index (χ4n) is 1.69. The highest BCUT2D eigenvalue weighted by atomic mass is 16.2. The lowest BCUT2D eigenvalue weighted by Crippen LogP contribution is -2.38. The van der Waals surface area contributed by atoms with E-state index in [1.807, 2.05) is 25.9 Å². The van der Waals surface area contributed by atoms with Gasteiger partial charge in [0.1, 0.15) is 0 Å². The molecule has 0 aromatic heterocycles. The molecule has 0 aliphatic rings. The second-order valence-corrected chi connectivity index (χ2v) is 4.76. The predicted molar refractivity (Wildman–Crippen MR) is 80.8 cm³/mol. The van der Waals surface area contributed by atoms with Crippen molar-refractivity contribution in [2.45, 2.75) is 6.92 Å². The lowest BCUT2D eigenvalue weighted by molar-refractivity contribution is -0.128. The third-order valence-electron chi connectivity index (χ3n) is 3.05. The van der Waals surface area contributed by atoms with E-state index >= 15 is 0 Å². The van der Waals surface area contributed by atoms with Crippen molar-refractivity contribution in [1.29, 1.82) is 0 Å². The highest BCUT2D eigenvalue weighted by Gasteiger charge is 2.15. The number of anilines is 2. The van der Waals surface area contributed by atoms with Gasteiger partial charge in [0.15, 0.2) is 0 Å². The van der Waals surface area contributed by atoms with Crippen LogP contribution in [0.3, 0.4) is 0 Å². The Morgan fingerprint density at radius 3 is 2.45 bits per heavy atom. The number of hydrogen-bond donors (Lipinski definition) is 2. The van der Waals surface area contributed by atoms with Crippen molar-refractivity contribution < 1.29 is 9.59 Å². The van der Waals surface area contributed by atoms with Gasteiger partial charge in [0.2, 0.25) is 5.91 Å². The van der Waals surface area contributed by atoms with E-state index in [2.05, 4.69) is 5.32 Å². The topological polar surface area (TPSA) is 78.7 Å². The van der Waals surface area contributed by atoms with Crippen LogP contribution in [-0.4, -0.2) is 50.9 Å². The van der Waals surface area contributed by atoms with Crippen LogP contribution in [0, 0.1) is 0 Å². The first-order valence-electron chi connectivity index (χ1n) is 6.45. The molecule has 1 aromatic carbocycles.